The molecule has 4 rings (SSSR count). The quantitative estimate of drug-likeness (QED) is 0.473. The van der Waals surface area contributed by atoms with Crippen molar-refractivity contribution >= 4 is 49.8 Å². The third-order valence-corrected chi connectivity index (χ3v) is 7.59. The molecule has 39 heavy (non-hydrogen) atoms. The molecule has 0 radical (unpaired) electrons. The van der Waals surface area contributed by atoms with Gasteiger partial charge in [0.25, 0.3) is 5.91 Å². The first-order valence-electron chi connectivity index (χ1n) is 12.5. The fraction of sp³-hybridized carbons (Fsp3) is 0.370. The normalized spacial score (nSPS) is 16.4. The van der Waals surface area contributed by atoms with Gasteiger partial charge in [-0.25, -0.2) is 8.42 Å². The number of carbonyl (C=O) groups is 3. The topological polar surface area (TPSA) is 145 Å². The Kier molecular flexibility index (Phi) is 7.74. The van der Waals surface area contributed by atoms with Crippen LogP contribution in [-0.4, -0.2) is 60.5 Å². The van der Waals surface area contributed by atoms with Gasteiger partial charge in [0, 0.05) is 24.6 Å². The molecular formula is C27H30N6O5S. The van der Waals surface area contributed by atoms with Gasteiger partial charge in [0.1, 0.15) is 11.8 Å². The summed E-state index contributed by atoms with van der Waals surface area (Å²) in [7, 11) is -1.92. The highest BCUT2D eigenvalue weighted by molar-refractivity contribution is 7.91. The lowest BCUT2D eigenvalue weighted by Gasteiger charge is -2.25. The van der Waals surface area contributed by atoms with Crippen LogP contribution in [0.1, 0.15) is 31.5 Å². The van der Waals surface area contributed by atoms with E-state index < -0.39 is 33.4 Å². The Hall–Kier alpha value is -4.24. The molecule has 2 atom stereocenters. The van der Waals surface area contributed by atoms with Gasteiger partial charge in [-0.2, -0.15) is 10.4 Å². The molecule has 0 bridgehead atoms. The first-order chi connectivity index (χ1) is 18.4. The van der Waals surface area contributed by atoms with E-state index in [0.717, 1.165) is 17.2 Å². The number of nitrogens with one attached hydrogen (secondary N) is 1. The zero-order valence-electron chi connectivity index (χ0n) is 22.2. The Morgan fingerprint density at radius 2 is 1.92 bits per heavy atom. The second kappa shape index (κ2) is 10.9. The van der Waals surface area contributed by atoms with E-state index >= 15 is 0 Å². The molecule has 0 saturated carbocycles. The number of anilines is 2. The second-order valence-corrected chi connectivity index (χ2v) is 11.9. The molecular weight excluding hydrogens is 520 g/mol. The predicted molar refractivity (Wildman–Crippen MR) is 147 cm³/mol. The highest BCUT2D eigenvalue weighted by Gasteiger charge is 2.38. The number of hydrogen-bond acceptors (Lipinski definition) is 7. The number of aryl methyl sites for hydroxylation is 1. The van der Waals surface area contributed by atoms with Gasteiger partial charge in [-0.05, 0) is 30.7 Å². The van der Waals surface area contributed by atoms with Crippen molar-refractivity contribution in [2.45, 2.75) is 32.9 Å². The molecule has 0 fully saturated rings. The van der Waals surface area contributed by atoms with Gasteiger partial charge in [-0.3, -0.25) is 19.1 Å². The fourth-order valence-electron chi connectivity index (χ4n) is 4.57. The van der Waals surface area contributed by atoms with Crippen LogP contribution in [0.2, 0.25) is 0 Å². The van der Waals surface area contributed by atoms with E-state index in [9.17, 15) is 28.1 Å². The Labute approximate surface area is 226 Å². The van der Waals surface area contributed by atoms with Gasteiger partial charge in [0.05, 0.1) is 47.3 Å². The average Bonchev–Trinajstić information content (AvgIpc) is 3.16. The van der Waals surface area contributed by atoms with Crippen LogP contribution in [0.25, 0.3) is 10.9 Å². The maximum atomic E-state index is 14.1. The largest absolute Gasteiger partial charge is 0.342 e. The number of para-hydroxylation sites is 1. The van der Waals surface area contributed by atoms with Crippen LogP contribution in [0.3, 0.4) is 0 Å². The minimum Gasteiger partial charge on any atom is -0.342 e. The minimum atomic E-state index is -3.71. The van der Waals surface area contributed by atoms with Gasteiger partial charge < -0.3 is 15.1 Å². The molecule has 0 spiro atoms. The lowest BCUT2D eigenvalue weighted by molar-refractivity contribution is -0.129. The number of rotatable bonds is 7. The van der Waals surface area contributed by atoms with E-state index in [0.29, 0.717) is 17.8 Å². The zero-order chi connectivity index (χ0) is 28.5. The van der Waals surface area contributed by atoms with Crippen LogP contribution in [0.5, 0.6) is 0 Å². The summed E-state index contributed by atoms with van der Waals surface area (Å²) >= 11 is 0. The molecule has 0 aliphatic carbocycles. The van der Waals surface area contributed by atoms with E-state index in [1.807, 2.05) is 37.3 Å². The van der Waals surface area contributed by atoms with Crippen LogP contribution >= 0.6 is 0 Å². The van der Waals surface area contributed by atoms with Crippen LogP contribution < -0.4 is 15.1 Å². The lowest BCUT2D eigenvalue weighted by Crippen LogP contribution is -2.54. The third-order valence-electron chi connectivity index (χ3n) is 6.82. The number of benzene rings is 2. The first-order valence-corrected chi connectivity index (χ1v) is 14.5. The number of carbonyl (C=O) groups excluding carboxylic acids is 3. The van der Waals surface area contributed by atoms with Gasteiger partial charge in [0.2, 0.25) is 11.8 Å². The van der Waals surface area contributed by atoms with E-state index in [1.165, 1.54) is 21.9 Å². The molecule has 3 amide bonds. The van der Waals surface area contributed by atoms with Gasteiger partial charge in [0.15, 0.2) is 9.84 Å². The molecule has 1 aliphatic heterocycles. The SMILES string of the molecule is CC[C@@H](C)C(=O)N[C@H]1CN(C(=O)CS(C)(=O)=O)c2cc(C#N)ccc2N(Cc2nn(C)c3ccccc23)C1=O. The molecule has 12 heteroatoms. The molecule has 3 aromatic rings. The van der Waals surface area contributed by atoms with Crippen LogP contribution in [0, 0.1) is 17.2 Å². The maximum absolute atomic E-state index is 14.1. The van der Waals surface area contributed by atoms with Crippen molar-refractivity contribution in [3.8, 4) is 6.07 Å². The number of sulfone groups is 1. The number of amides is 3. The maximum Gasteiger partial charge on any atom is 0.251 e. The van der Waals surface area contributed by atoms with E-state index in [2.05, 4.69) is 10.4 Å². The number of hydrogen-bond donors (Lipinski definition) is 1. The summed E-state index contributed by atoms with van der Waals surface area (Å²) in [6, 6.07) is 12.9. The van der Waals surface area contributed by atoms with Crippen molar-refractivity contribution < 1.29 is 22.8 Å². The van der Waals surface area contributed by atoms with E-state index in [1.54, 1.807) is 24.7 Å². The molecule has 0 unspecified atom stereocenters. The first kappa shape index (κ1) is 27.8. The minimum absolute atomic E-state index is 0.0168. The van der Waals surface area contributed by atoms with Crippen molar-refractivity contribution in [3.05, 3.63) is 53.7 Å². The molecule has 0 saturated heterocycles. The summed E-state index contributed by atoms with van der Waals surface area (Å²) in [6.45, 7) is 3.30. The van der Waals surface area contributed by atoms with Crippen LogP contribution in [0.4, 0.5) is 11.4 Å². The fourth-order valence-corrected chi connectivity index (χ4v) is 5.17. The summed E-state index contributed by atoms with van der Waals surface area (Å²) in [4.78, 5) is 42.9. The molecule has 1 N–H and O–H groups in total. The highest BCUT2D eigenvalue weighted by Crippen LogP contribution is 2.36. The molecule has 11 nitrogen and oxygen atoms in total. The molecule has 1 aromatic heterocycles. The highest BCUT2D eigenvalue weighted by atomic mass is 32.2. The standard InChI is InChI=1S/C27H30N6O5S/c1-5-17(2)26(35)29-21-15-32(25(34)16-39(4,37)38)24-12-18(13-28)10-11-23(24)33(27(21)36)14-20-19-8-6-7-9-22(19)31(3)30-20/h6-12,17,21H,5,14-16H2,1-4H3,(H,29,35)/t17-,21+/m1/s1. The monoisotopic (exact) mass is 550 g/mol. The van der Waals surface area contributed by atoms with Crippen molar-refractivity contribution in [2.24, 2.45) is 13.0 Å². The number of fused-ring (bicyclic) bond motifs is 2. The number of nitriles is 1. The second-order valence-electron chi connectivity index (χ2n) is 9.77. The molecule has 1 aliphatic rings. The lowest BCUT2D eigenvalue weighted by atomic mass is 10.1. The van der Waals surface area contributed by atoms with E-state index in [4.69, 9.17) is 0 Å². The van der Waals surface area contributed by atoms with Gasteiger partial charge >= 0.3 is 0 Å². The zero-order valence-corrected chi connectivity index (χ0v) is 23.0. The predicted octanol–water partition coefficient (Wildman–Crippen LogP) is 1.90. The summed E-state index contributed by atoms with van der Waals surface area (Å²) in [5, 5.41) is 17.8. The van der Waals surface area contributed by atoms with Crippen molar-refractivity contribution in [2.75, 3.05) is 28.4 Å². The molecule has 204 valence electrons. The molecule has 2 aromatic carbocycles. The number of aromatic nitrogens is 2. The van der Waals surface area contributed by atoms with Gasteiger partial charge in [-0.15, -0.1) is 0 Å². The summed E-state index contributed by atoms with van der Waals surface area (Å²) in [5.41, 5.74) is 2.19. The van der Waals surface area contributed by atoms with Crippen LogP contribution in [-0.2, 0) is 37.8 Å². The summed E-state index contributed by atoms with van der Waals surface area (Å²) in [5.74, 6) is -2.80. The summed E-state index contributed by atoms with van der Waals surface area (Å²) < 4.78 is 25.8. The van der Waals surface area contributed by atoms with Crippen LogP contribution in [0.15, 0.2) is 42.5 Å². The third kappa shape index (κ3) is 5.78. The van der Waals surface area contributed by atoms with E-state index in [-0.39, 0.29) is 36.2 Å². The Bertz CT molecular complexity index is 1610. The Balaban J connectivity index is 1.88. The number of nitrogens with zero attached hydrogens (tertiary/aromatic N) is 5. The average molecular weight is 551 g/mol. The smallest absolute Gasteiger partial charge is 0.251 e. The van der Waals surface area contributed by atoms with Crippen molar-refractivity contribution in [1.82, 2.24) is 15.1 Å². The van der Waals surface area contributed by atoms with Gasteiger partial charge in [-0.1, -0.05) is 32.0 Å². The van der Waals surface area contributed by atoms with Crippen molar-refractivity contribution in [3.63, 3.8) is 0 Å². The van der Waals surface area contributed by atoms with Crippen molar-refractivity contribution in [1.29, 1.82) is 5.26 Å². The molecule has 2 heterocycles. The Morgan fingerprint density at radius 3 is 2.59 bits per heavy atom. The Morgan fingerprint density at radius 1 is 1.21 bits per heavy atom. The summed E-state index contributed by atoms with van der Waals surface area (Å²) in [6.07, 6.45) is 1.49.